The molecule has 1 saturated carbocycles. The average Bonchev–Trinajstić information content (AvgIpc) is 2.74. The van der Waals surface area contributed by atoms with Crippen LogP contribution in [0.25, 0.3) is 0 Å². The van der Waals surface area contributed by atoms with Crippen molar-refractivity contribution in [3.8, 4) is 11.8 Å². The monoisotopic (exact) mass is 211 g/mol. The molecule has 2 N–H and O–H groups in total. The summed E-state index contributed by atoms with van der Waals surface area (Å²) in [7, 11) is 0. The van der Waals surface area contributed by atoms with E-state index < -0.39 is 6.10 Å². The van der Waals surface area contributed by atoms with E-state index in [0.717, 1.165) is 12.8 Å². The molecular formula is C12H21NO2. The van der Waals surface area contributed by atoms with Crippen LogP contribution in [0.15, 0.2) is 0 Å². The third-order valence-corrected chi connectivity index (χ3v) is 2.60. The Bertz CT molecular complexity index is 213. The zero-order chi connectivity index (χ0) is 10.9. The van der Waals surface area contributed by atoms with Gasteiger partial charge < -0.3 is 15.2 Å². The van der Waals surface area contributed by atoms with Gasteiger partial charge >= 0.3 is 0 Å². The fourth-order valence-electron chi connectivity index (χ4n) is 1.75. The second kappa shape index (κ2) is 7.70. The summed E-state index contributed by atoms with van der Waals surface area (Å²) in [5.41, 5.74) is 0. The molecule has 15 heavy (non-hydrogen) atoms. The fourth-order valence-corrected chi connectivity index (χ4v) is 1.75. The highest BCUT2D eigenvalue weighted by Crippen LogP contribution is 2.20. The predicted molar refractivity (Wildman–Crippen MR) is 60.5 cm³/mol. The molecule has 0 spiro atoms. The van der Waals surface area contributed by atoms with Gasteiger partial charge in [-0.1, -0.05) is 18.8 Å². The number of aliphatic hydroxyl groups is 1. The number of rotatable bonds is 6. The third kappa shape index (κ3) is 5.78. The Balaban J connectivity index is 1.96. The van der Waals surface area contributed by atoms with Gasteiger partial charge in [0.1, 0.15) is 0 Å². The zero-order valence-electron chi connectivity index (χ0n) is 9.46. The Morgan fingerprint density at radius 1 is 1.47 bits per heavy atom. The van der Waals surface area contributed by atoms with Crippen molar-refractivity contribution in [2.24, 2.45) is 0 Å². The summed E-state index contributed by atoms with van der Waals surface area (Å²) in [4.78, 5) is 0. The zero-order valence-corrected chi connectivity index (χ0v) is 9.46. The van der Waals surface area contributed by atoms with Gasteiger partial charge in [0, 0.05) is 6.54 Å². The molecule has 0 bridgehead atoms. The first-order valence-electron chi connectivity index (χ1n) is 5.73. The highest BCUT2D eigenvalue weighted by molar-refractivity contribution is 4.96. The van der Waals surface area contributed by atoms with E-state index in [1.165, 1.54) is 12.8 Å². The van der Waals surface area contributed by atoms with Crippen molar-refractivity contribution in [1.29, 1.82) is 0 Å². The first kappa shape index (κ1) is 12.5. The van der Waals surface area contributed by atoms with Crippen LogP contribution in [0.4, 0.5) is 0 Å². The normalized spacial score (nSPS) is 18.5. The minimum atomic E-state index is -0.413. The maximum atomic E-state index is 9.57. The van der Waals surface area contributed by atoms with Gasteiger partial charge in [-0.2, -0.15) is 0 Å². The number of hydrogen-bond donors (Lipinski definition) is 2. The predicted octanol–water partition coefficient (Wildman–Crippen LogP) is 0.919. The Kier molecular flexibility index (Phi) is 6.42. The molecule has 1 aliphatic rings. The van der Waals surface area contributed by atoms with Gasteiger partial charge in [0.25, 0.3) is 0 Å². The Labute approximate surface area is 92.2 Å². The molecule has 1 atom stereocenters. The molecule has 0 aliphatic heterocycles. The topological polar surface area (TPSA) is 41.5 Å². The number of aliphatic hydroxyl groups excluding tert-OH is 1. The molecule has 1 rings (SSSR count). The maximum absolute atomic E-state index is 9.57. The van der Waals surface area contributed by atoms with E-state index in [4.69, 9.17) is 4.74 Å². The third-order valence-electron chi connectivity index (χ3n) is 2.60. The van der Waals surface area contributed by atoms with Crippen LogP contribution in [0.3, 0.4) is 0 Å². The van der Waals surface area contributed by atoms with E-state index in [1.54, 1.807) is 6.92 Å². The van der Waals surface area contributed by atoms with Crippen LogP contribution in [0, 0.1) is 11.8 Å². The lowest BCUT2D eigenvalue weighted by molar-refractivity contribution is -0.00506. The van der Waals surface area contributed by atoms with Gasteiger partial charge in [0.05, 0.1) is 25.4 Å². The van der Waals surface area contributed by atoms with E-state index >= 15 is 0 Å². The van der Waals surface area contributed by atoms with Crippen molar-refractivity contribution >= 4 is 0 Å². The van der Waals surface area contributed by atoms with Gasteiger partial charge in [0.2, 0.25) is 0 Å². The van der Waals surface area contributed by atoms with Crippen LogP contribution in [-0.4, -0.2) is 37.0 Å². The van der Waals surface area contributed by atoms with Gasteiger partial charge in [-0.3, -0.25) is 0 Å². The molecule has 1 fully saturated rings. The fraction of sp³-hybridized carbons (Fsp3) is 0.833. The summed E-state index contributed by atoms with van der Waals surface area (Å²) in [5, 5.41) is 12.6. The lowest BCUT2D eigenvalue weighted by Crippen LogP contribution is -2.31. The number of hydrogen-bond acceptors (Lipinski definition) is 3. The number of ether oxygens (including phenoxy) is 1. The summed E-state index contributed by atoms with van der Waals surface area (Å²) in [5.74, 6) is 5.68. The van der Waals surface area contributed by atoms with Gasteiger partial charge in [0.15, 0.2) is 0 Å². The standard InChI is InChI=1S/C12H21NO2/c1-2-3-8-13-9-11(14)10-15-12-6-4-5-7-12/h11-14H,4-10H2,1H3. The van der Waals surface area contributed by atoms with Crippen LogP contribution in [0.1, 0.15) is 32.6 Å². The highest BCUT2D eigenvalue weighted by atomic mass is 16.5. The molecular weight excluding hydrogens is 190 g/mol. The van der Waals surface area contributed by atoms with E-state index in [9.17, 15) is 5.11 Å². The first-order valence-corrected chi connectivity index (χ1v) is 5.73. The second-order valence-corrected chi connectivity index (χ2v) is 3.95. The van der Waals surface area contributed by atoms with Crippen molar-refractivity contribution in [2.75, 3.05) is 19.7 Å². The van der Waals surface area contributed by atoms with E-state index in [0.29, 0.717) is 25.8 Å². The minimum Gasteiger partial charge on any atom is -0.389 e. The second-order valence-electron chi connectivity index (χ2n) is 3.95. The molecule has 1 unspecified atom stereocenters. The van der Waals surface area contributed by atoms with Crippen molar-refractivity contribution in [3.63, 3.8) is 0 Å². The molecule has 1 aliphatic carbocycles. The summed E-state index contributed by atoms with van der Waals surface area (Å²) in [6.07, 6.45) is 4.82. The summed E-state index contributed by atoms with van der Waals surface area (Å²) in [6.45, 7) is 3.44. The highest BCUT2D eigenvalue weighted by Gasteiger charge is 2.16. The summed E-state index contributed by atoms with van der Waals surface area (Å²) >= 11 is 0. The van der Waals surface area contributed by atoms with E-state index in [-0.39, 0.29) is 0 Å². The van der Waals surface area contributed by atoms with Gasteiger partial charge in [-0.15, -0.1) is 5.92 Å². The van der Waals surface area contributed by atoms with Gasteiger partial charge in [-0.05, 0) is 19.8 Å². The Morgan fingerprint density at radius 3 is 2.87 bits per heavy atom. The lowest BCUT2D eigenvalue weighted by Gasteiger charge is -2.15. The first-order chi connectivity index (χ1) is 7.33. The summed E-state index contributed by atoms with van der Waals surface area (Å²) in [6, 6.07) is 0. The average molecular weight is 211 g/mol. The van der Waals surface area contributed by atoms with Crippen LogP contribution >= 0.6 is 0 Å². The van der Waals surface area contributed by atoms with Gasteiger partial charge in [-0.25, -0.2) is 0 Å². The smallest absolute Gasteiger partial charge is 0.0898 e. The quantitative estimate of drug-likeness (QED) is 0.507. The molecule has 0 amide bonds. The van der Waals surface area contributed by atoms with Crippen molar-refractivity contribution in [3.05, 3.63) is 0 Å². The molecule has 86 valence electrons. The molecule has 0 aromatic rings. The SMILES string of the molecule is CC#CCNCC(O)COC1CCCC1. The van der Waals surface area contributed by atoms with Crippen molar-refractivity contribution in [2.45, 2.75) is 44.8 Å². The van der Waals surface area contributed by atoms with Crippen LogP contribution in [0.5, 0.6) is 0 Å². The molecule has 0 aromatic carbocycles. The maximum Gasteiger partial charge on any atom is 0.0898 e. The van der Waals surface area contributed by atoms with Crippen molar-refractivity contribution < 1.29 is 9.84 Å². The lowest BCUT2D eigenvalue weighted by atomic mass is 10.3. The Hall–Kier alpha value is -0.560. The molecule has 0 radical (unpaired) electrons. The largest absolute Gasteiger partial charge is 0.389 e. The molecule has 0 aromatic heterocycles. The molecule has 0 heterocycles. The van der Waals surface area contributed by atoms with Crippen LogP contribution in [0.2, 0.25) is 0 Å². The van der Waals surface area contributed by atoms with Crippen molar-refractivity contribution in [1.82, 2.24) is 5.32 Å². The van der Waals surface area contributed by atoms with Crippen LogP contribution < -0.4 is 5.32 Å². The number of nitrogens with one attached hydrogen (secondary N) is 1. The Morgan fingerprint density at radius 2 is 2.20 bits per heavy atom. The summed E-state index contributed by atoms with van der Waals surface area (Å²) < 4.78 is 5.60. The molecule has 0 saturated heterocycles. The van der Waals surface area contributed by atoms with Crippen LogP contribution in [-0.2, 0) is 4.74 Å². The minimum absolute atomic E-state index is 0.384. The molecule has 3 nitrogen and oxygen atoms in total. The molecule has 3 heteroatoms. The van der Waals surface area contributed by atoms with E-state index in [2.05, 4.69) is 17.2 Å². The van der Waals surface area contributed by atoms with E-state index in [1.807, 2.05) is 0 Å².